The highest BCUT2D eigenvalue weighted by Crippen LogP contribution is 2.43. The molecule has 15 rings (SSSR count). The number of carbonyl (C=O) groups is 2. The van der Waals surface area contributed by atoms with E-state index in [1.807, 2.05) is 175 Å². The van der Waals surface area contributed by atoms with Crippen LogP contribution >= 0.6 is 11.6 Å². The predicted octanol–water partition coefficient (Wildman–Crippen LogP) is 38.8. The average molecular weight is 1880 g/mol. The van der Waals surface area contributed by atoms with Crippen molar-refractivity contribution < 1.29 is 23.1 Å². The molecule has 0 aliphatic carbocycles. The minimum absolute atomic E-state index is 0.0109. The number of aromatic nitrogens is 2. The molecule has 5 atom stereocenters. The molecular formula is C131H160ClFN2O4. The van der Waals surface area contributed by atoms with Crippen LogP contribution in [0.5, 0.6) is 11.5 Å². The summed E-state index contributed by atoms with van der Waals surface area (Å²) >= 11 is 5.96. The number of ketones is 1. The van der Waals surface area contributed by atoms with Crippen LogP contribution in [0.4, 0.5) is 4.39 Å². The summed E-state index contributed by atoms with van der Waals surface area (Å²) in [5.74, 6) is 6.62. The molecule has 0 aliphatic heterocycles. The van der Waals surface area contributed by atoms with E-state index in [9.17, 15) is 14.0 Å². The van der Waals surface area contributed by atoms with Gasteiger partial charge in [-0.2, -0.15) is 0 Å². The van der Waals surface area contributed by atoms with Gasteiger partial charge in [-0.1, -0.05) is 471 Å². The van der Waals surface area contributed by atoms with Crippen LogP contribution in [-0.4, -0.2) is 21.2 Å². The Balaban J connectivity index is 0.000000182. The highest BCUT2D eigenvalue weighted by molar-refractivity contribution is 6.30. The van der Waals surface area contributed by atoms with Crippen molar-refractivity contribution in [1.29, 1.82) is 0 Å². The standard InChI is InChI=1S/C22H24ClNO.C21H23NO.C19H22O.C18H21F.C18H22O.C17H22.C16H26/c1-14-6-11-20-18(12-14)19(13-22(3,4)5)15(2)24(20)21(25)16-7-9-17(23)10-8-16;1-21(2,3)15-14-18-22-19(16-10-6-4-7-11-16)20(23-18)17-12-8-5-9-13-17;1-14(19(2,3)4)15-10-12-17(13-11-15)18(20)16-8-6-5-7-9-16;1-13(18(2,3)4)15-10-11-16(17(19)12-15)14-8-6-5-7-9-14;1-14(18(2,3)4)15-10-12-17(13-11-15)19-16-8-6-5-7-9-16;1-12-6-7-16-11-14(8-9-15(16)10-12)13(2)17(3,4)5;1-12(2)11-14-7-9-15(10-8-14)13(3)16(4,5)6/h6-12H,13H2,1-5H3;4-13H,14-15H2,1-3H3;5-14H,1-4H3;5-13H,1-4H3;5-14H,1-4H3;6-11,13H,1-5H3;7-10,12-13H,11H2,1-6H3. The third kappa shape index (κ3) is 33.5. The summed E-state index contributed by atoms with van der Waals surface area (Å²) in [5, 5.41) is 4.50. The number of para-hydroxylation sites is 1. The van der Waals surface area contributed by atoms with Crippen LogP contribution in [0, 0.1) is 70.4 Å². The molecule has 2 aromatic heterocycles. The quantitative estimate of drug-likeness (QED) is 0.0800. The lowest BCUT2D eigenvalue weighted by atomic mass is 9.77. The lowest BCUT2D eigenvalue weighted by Gasteiger charge is -2.27. The summed E-state index contributed by atoms with van der Waals surface area (Å²) in [6.45, 7) is 69.4. The minimum atomic E-state index is -0.139. The Morgan fingerprint density at radius 2 is 0.777 bits per heavy atom. The normalized spacial score (nSPS) is 12.9. The number of hydrogen-bond acceptors (Lipinski definition) is 5. The van der Waals surface area contributed by atoms with Gasteiger partial charge < -0.3 is 9.15 Å². The number of carbonyl (C=O) groups excluding carboxylic acids is 2. The lowest BCUT2D eigenvalue weighted by molar-refractivity contribution is 0.0961. The van der Waals surface area contributed by atoms with Crippen molar-refractivity contribution in [2.24, 2.45) is 43.8 Å². The third-order valence-corrected chi connectivity index (χ3v) is 27.4. The van der Waals surface area contributed by atoms with Crippen molar-refractivity contribution >= 4 is 45.0 Å². The first-order chi connectivity index (χ1) is 65.1. The second-order valence-electron chi connectivity index (χ2n) is 46.3. The summed E-state index contributed by atoms with van der Waals surface area (Å²) in [6.07, 6.45) is 4.02. The van der Waals surface area contributed by atoms with Crippen LogP contribution in [0.25, 0.3) is 55.4 Å². The fourth-order valence-corrected chi connectivity index (χ4v) is 16.3. The Kier molecular flexibility index (Phi) is 39.0. The molecule has 0 saturated heterocycles. The van der Waals surface area contributed by atoms with Crippen molar-refractivity contribution in [2.45, 2.75) is 270 Å². The Bertz CT molecular complexity index is 6280. The van der Waals surface area contributed by atoms with Crippen LogP contribution in [0.15, 0.2) is 326 Å². The van der Waals surface area contributed by atoms with Crippen LogP contribution < -0.4 is 4.74 Å². The van der Waals surface area contributed by atoms with Crippen LogP contribution in [-0.2, 0) is 19.3 Å². The fraction of sp³-hybridized carbons (Fsp3) is 0.366. The molecule has 139 heavy (non-hydrogen) atoms. The van der Waals surface area contributed by atoms with Crippen LogP contribution in [0.2, 0.25) is 5.02 Å². The highest BCUT2D eigenvalue weighted by atomic mass is 35.5. The van der Waals surface area contributed by atoms with Gasteiger partial charge in [0, 0.05) is 55.9 Å². The van der Waals surface area contributed by atoms with E-state index < -0.39 is 0 Å². The number of oxazole rings is 1. The highest BCUT2D eigenvalue weighted by Gasteiger charge is 2.29. The van der Waals surface area contributed by atoms with E-state index in [0.29, 0.717) is 56.6 Å². The number of benzene rings is 13. The summed E-state index contributed by atoms with van der Waals surface area (Å²) in [4.78, 5) is 30.3. The van der Waals surface area contributed by atoms with E-state index in [-0.39, 0.29) is 44.6 Å². The molecular weight excluding hydrogens is 1720 g/mol. The number of rotatable bonds is 18. The van der Waals surface area contributed by atoms with Crippen molar-refractivity contribution in [2.75, 3.05) is 0 Å². The lowest BCUT2D eigenvalue weighted by Crippen LogP contribution is -2.15. The van der Waals surface area contributed by atoms with E-state index in [0.717, 1.165) is 98.6 Å². The van der Waals surface area contributed by atoms with Crippen molar-refractivity contribution in [3.63, 3.8) is 0 Å². The zero-order valence-corrected chi connectivity index (χ0v) is 90.4. The Hall–Kier alpha value is -11.8. The van der Waals surface area contributed by atoms with E-state index in [2.05, 4.69) is 335 Å². The number of aryl methyl sites for hydroxylation is 3. The van der Waals surface area contributed by atoms with Crippen LogP contribution in [0.1, 0.15) is 318 Å². The van der Waals surface area contributed by atoms with Gasteiger partial charge in [0.15, 0.2) is 17.4 Å². The van der Waals surface area contributed by atoms with Gasteiger partial charge in [0.1, 0.15) is 23.0 Å². The molecule has 0 saturated carbocycles. The largest absolute Gasteiger partial charge is 0.457 e. The number of hydrogen-bond donors (Lipinski definition) is 0. The van der Waals surface area contributed by atoms with Crippen molar-refractivity contribution in [1.82, 2.24) is 9.55 Å². The SMILES string of the molecule is CC(C)(C)CCc1nc(-c2ccccc2)c(-c2ccccc2)o1.CC(C)Cc1ccc(C(C)C(C)(C)C)cc1.CC(c1ccc(-c2ccccc2)c(F)c1)C(C)(C)C.CC(c1ccc(C(=O)c2ccccc2)cc1)C(C)(C)C.CC(c1ccc(Oc2ccccc2)cc1)C(C)(C)C.Cc1ccc2c(c1)c(CC(C)(C)C)c(C)n2C(=O)c1ccc(Cl)cc1.Cc1ccc2cc(C(C)C(C)(C)C)ccc2c1. The molecule has 0 radical (unpaired) electrons. The number of nitrogens with zero attached hydrogens (tertiary/aromatic N) is 2. The smallest absolute Gasteiger partial charge is 0.262 e. The maximum atomic E-state index is 14.3. The van der Waals surface area contributed by atoms with Crippen molar-refractivity contribution in [3.05, 3.63) is 411 Å². The van der Waals surface area contributed by atoms with Crippen molar-refractivity contribution in [3.8, 4) is 45.2 Å². The molecule has 5 unspecified atom stereocenters. The molecule has 0 aliphatic rings. The average Bonchev–Trinajstić information content (AvgIpc) is 1.60. The van der Waals surface area contributed by atoms with E-state index in [1.54, 1.807) is 30.3 Å². The number of ether oxygens (including phenoxy) is 1. The summed E-state index contributed by atoms with van der Waals surface area (Å²) < 4.78 is 28.1. The third-order valence-electron chi connectivity index (χ3n) is 27.1. The molecule has 0 spiro atoms. The zero-order chi connectivity index (χ0) is 102. The molecule has 0 N–H and O–H groups in total. The Labute approximate surface area is 841 Å². The minimum Gasteiger partial charge on any atom is -0.457 e. The number of fused-ring (bicyclic) bond motifs is 2. The maximum Gasteiger partial charge on any atom is 0.262 e. The van der Waals surface area contributed by atoms with Gasteiger partial charge in [0.05, 0.1) is 5.52 Å². The molecule has 0 bridgehead atoms. The fourth-order valence-electron chi connectivity index (χ4n) is 16.2. The zero-order valence-electron chi connectivity index (χ0n) is 89.7. The summed E-state index contributed by atoms with van der Waals surface area (Å²) in [7, 11) is 0. The Morgan fingerprint density at radius 3 is 1.25 bits per heavy atom. The molecule has 2 heterocycles. The first kappa shape index (κ1) is 111. The predicted molar refractivity (Wildman–Crippen MR) is 595 cm³/mol. The van der Waals surface area contributed by atoms with Gasteiger partial charge in [0.25, 0.3) is 5.91 Å². The van der Waals surface area contributed by atoms with Gasteiger partial charge in [-0.15, -0.1) is 0 Å². The van der Waals surface area contributed by atoms with Gasteiger partial charge in [0.2, 0.25) is 0 Å². The molecule has 0 fully saturated rings. The van der Waals surface area contributed by atoms with Gasteiger partial charge >= 0.3 is 0 Å². The van der Waals surface area contributed by atoms with Gasteiger partial charge in [-0.25, -0.2) is 9.37 Å². The van der Waals surface area contributed by atoms with E-state index in [4.69, 9.17) is 25.7 Å². The van der Waals surface area contributed by atoms with E-state index >= 15 is 0 Å². The first-order valence-corrected chi connectivity index (χ1v) is 50.5. The molecule has 13 aromatic carbocycles. The molecule has 8 heteroatoms. The maximum absolute atomic E-state index is 14.3. The second kappa shape index (κ2) is 48.9. The second-order valence-corrected chi connectivity index (χ2v) is 46.8. The first-order valence-electron chi connectivity index (χ1n) is 50.1. The monoisotopic (exact) mass is 1880 g/mol. The summed E-state index contributed by atoms with van der Waals surface area (Å²) in [5.41, 5.74) is 22.4. The molecule has 732 valence electrons. The summed E-state index contributed by atoms with van der Waals surface area (Å²) in [6, 6.07) is 108. The van der Waals surface area contributed by atoms with E-state index in [1.165, 1.54) is 67.1 Å². The van der Waals surface area contributed by atoms with Gasteiger partial charge in [-0.05, 0) is 235 Å². The Morgan fingerprint density at radius 1 is 0.388 bits per heavy atom. The molecule has 6 nitrogen and oxygen atoms in total. The topological polar surface area (TPSA) is 74.3 Å². The molecule has 15 aromatic rings. The van der Waals surface area contributed by atoms with Gasteiger partial charge in [-0.3, -0.25) is 14.2 Å². The number of halogens is 2. The van der Waals surface area contributed by atoms with Crippen LogP contribution in [0.3, 0.4) is 0 Å². The molecule has 0 amide bonds.